The molecule has 0 aliphatic carbocycles. The summed E-state index contributed by atoms with van der Waals surface area (Å²) in [5.74, 6) is -0.0139. The fourth-order valence-electron chi connectivity index (χ4n) is 2.47. The first-order valence-electron chi connectivity index (χ1n) is 7.34. The van der Waals surface area contributed by atoms with E-state index in [-0.39, 0.29) is 5.91 Å². The molecular weight excluding hydrogens is 288 g/mol. The van der Waals surface area contributed by atoms with Crippen molar-refractivity contribution in [1.29, 1.82) is 0 Å². The molecule has 116 valence electrons. The summed E-state index contributed by atoms with van der Waals surface area (Å²) in [6.45, 7) is 1.22. The molecule has 1 aliphatic heterocycles. The van der Waals surface area contributed by atoms with Crippen LogP contribution in [0.3, 0.4) is 0 Å². The van der Waals surface area contributed by atoms with E-state index in [1.54, 1.807) is 35.6 Å². The van der Waals surface area contributed by atoms with Gasteiger partial charge >= 0.3 is 0 Å². The molecule has 1 heterocycles. The number of aryl methyl sites for hydroxylation is 1. The van der Waals surface area contributed by atoms with Crippen molar-refractivity contribution in [2.24, 2.45) is 0 Å². The van der Waals surface area contributed by atoms with E-state index in [4.69, 9.17) is 0 Å². The van der Waals surface area contributed by atoms with Crippen molar-refractivity contribution < 1.29 is 13.2 Å². The molecule has 0 atom stereocenters. The predicted molar refractivity (Wildman–Crippen MR) is 81.4 cm³/mol. The molecule has 0 aromatic heterocycles. The number of benzene rings is 1. The predicted octanol–water partition coefficient (Wildman–Crippen LogP) is 1.54. The lowest BCUT2D eigenvalue weighted by atomic mass is 10.1. The van der Waals surface area contributed by atoms with Gasteiger partial charge in [0.25, 0.3) is 0 Å². The first kappa shape index (κ1) is 16.0. The Hall–Kier alpha value is -1.40. The molecule has 1 saturated heterocycles. The molecule has 2 rings (SSSR count). The normalized spacial score (nSPS) is 16.6. The summed E-state index contributed by atoms with van der Waals surface area (Å²) in [4.78, 5) is 11.5. The average molecular weight is 310 g/mol. The molecule has 0 radical (unpaired) electrons. The molecule has 21 heavy (non-hydrogen) atoms. The fraction of sp³-hybridized carbons (Fsp3) is 0.533. The molecule has 0 unspecified atom stereocenters. The Kier molecular flexibility index (Phi) is 5.36. The SMILES string of the molecule is CNC(=O)CCc1ccc(S(=O)(=O)N2CCCCC2)cc1. The van der Waals surface area contributed by atoms with E-state index in [9.17, 15) is 13.2 Å². The van der Waals surface area contributed by atoms with E-state index >= 15 is 0 Å². The molecule has 6 heteroatoms. The van der Waals surface area contributed by atoms with Crippen LogP contribution in [-0.2, 0) is 21.2 Å². The highest BCUT2D eigenvalue weighted by Gasteiger charge is 2.25. The van der Waals surface area contributed by atoms with Gasteiger partial charge in [0.2, 0.25) is 15.9 Å². The summed E-state index contributed by atoms with van der Waals surface area (Å²) >= 11 is 0. The third kappa shape index (κ3) is 4.04. The second kappa shape index (κ2) is 7.04. The number of carbonyl (C=O) groups excluding carboxylic acids is 1. The van der Waals surface area contributed by atoms with Crippen LogP contribution in [0.15, 0.2) is 29.2 Å². The van der Waals surface area contributed by atoms with Crippen molar-refractivity contribution in [3.05, 3.63) is 29.8 Å². The van der Waals surface area contributed by atoms with Crippen molar-refractivity contribution in [2.45, 2.75) is 37.0 Å². The van der Waals surface area contributed by atoms with E-state index in [0.717, 1.165) is 24.8 Å². The van der Waals surface area contributed by atoms with Gasteiger partial charge in [-0.3, -0.25) is 4.79 Å². The smallest absolute Gasteiger partial charge is 0.243 e. The number of hydrogen-bond donors (Lipinski definition) is 1. The summed E-state index contributed by atoms with van der Waals surface area (Å²) in [5.41, 5.74) is 0.969. The molecule has 0 spiro atoms. The summed E-state index contributed by atoms with van der Waals surface area (Å²) in [6, 6.07) is 6.87. The number of carbonyl (C=O) groups is 1. The van der Waals surface area contributed by atoms with Crippen molar-refractivity contribution in [3.8, 4) is 0 Å². The maximum Gasteiger partial charge on any atom is 0.243 e. The fourth-order valence-corrected chi connectivity index (χ4v) is 3.98. The van der Waals surface area contributed by atoms with E-state index in [1.165, 1.54) is 0 Å². The summed E-state index contributed by atoms with van der Waals surface area (Å²) in [6.07, 6.45) is 4.00. The molecule has 0 saturated carbocycles. The van der Waals surface area contributed by atoms with Crippen LogP contribution in [0, 0.1) is 0 Å². The molecule has 1 aromatic rings. The van der Waals surface area contributed by atoms with E-state index < -0.39 is 10.0 Å². The molecule has 1 N–H and O–H groups in total. The topological polar surface area (TPSA) is 66.5 Å². The Balaban J connectivity index is 2.05. The van der Waals surface area contributed by atoms with Crippen LogP contribution in [0.1, 0.15) is 31.2 Å². The number of amides is 1. The molecule has 1 aromatic carbocycles. The minimum Gasteiger partial charge on any atom is -0.359 e. The van der Waals surface area contributed by atoms with Crippen LogP contribution in [0.4, 0.5) is 0 Å². The molecule has 0 bridgehead atoms. The highest BCUT2D eigenvalue weighted by atomic mass is 32.2. The van der Waals surface area contributed by atoms with Crippen LogP contribution < -0.4 is 5.32 Å². The first-order chi connectivity index (χ1) is 10.0. The van der Waals surface area contributed by atoms with Gasteiger partial charge in [0.15, 0.2) is 0 Å². The van der Waals surface area contributed by atoms with Crippen LogP contribution in [0.5, 0.6) is 0 Å². The highest BCUT2D eigenvalue weighted by Crippen LogP contribution is 2.21. The van der Waals surface area contributed by atoms with Crippen molar-refractivity contribution in [2.75, 3.05) is 20.1 Å². The standard InChI is InChI=1S/C15H22N2O3S/c1-16-15(18)10-7-13-5-8-14(9-6-13)21(19,20)17-11-3-2-4-12-17/h5-6,8-9H,2-4,7,10-12H2,1H3,(H,16,18). The van der Waals surface area contributed by atoms with Gasteiger partial charge in [-0.15, -0.1) is 0 Å². The maximum absolute atomic E-state index is 12.5. The summed E-state index contributed by atoms with van der Waals surface area (Å²) in [7, 11) is -1.75. The molecule has 1 aliphatic rings. The highest BCUT2D eigenvalue weighted by molar-refractivity contribution is 7.89. The van der Waals surface area contributed by atoms with E-state index in [0.29, 0.717) is 30.8 Å². The van der Waals surface area contributed by atoms with Gasteiger partial charge in [0.05, 0.1) is 4.90 Å². The number of nitrogens with one attached hydrogen (secondary N) is 1. The Morgan fingerprint density at radius 2 is 1.76 bits per heavy atom. The Morgan fingerprint density at radius 3 is 2.33 bits per heavy atom. The van der Waals surface area contributed by atoms with Gasteiger partial charge < -0.3 is 5.32 Å². The van der Waals surface area contributed by atoms with Gasteiger partial charge in [0, 0.05) is 26.6 Å². The van der Waals surface area contributed by atoms with Crippen LogP contribution in [-0.4, -0.2) is 38.8 Å². The summed E-state index contributed by atoms with van der Waals surface area (Å²) < 4.78 is 26.5. The summed E-state index contributed by atoms with van der Waals surface area (Å²) in [5, 5.41) is 2.57. The van der Waals surface area contributed by atoms with Crippen molar-refractivity contribution >= 4 is 15.9 Å². The maximum atomic E-state index is 12.5. The van der Waals surface area contributed by atoms with Crippen LogP contribution in [0.25, 0.3) is 0 Å². The number of sulfonamides is 1. The van der Waals surface area contributed by atoms with E-state index in [2.05, 4.69) is 5.32 Å². The monoisotopic (exact) mass is 310 g/mol. The van der Waals surface area contributed by atoms with Gasteiger partial charge in [-0.1, -0.05) is 18.6 Å². The van der Waals surface area contributed by atoms with Crippen molar-refractivity contribution in [1.82, 2.24) is 9.62 Å². The quantitative estimate of drug-likeness (QED) is 0.897. The van der Waals surface area contributed by atoms with Gasteiger partial charge in [-0.25, -0.2) is 8.42 Å². The third-order valence-electron chi connectivity index (χ3n) is 3.80. The number of piperidine rings is 1. The lowest BCUT2D eigenvalue weighted by Crippen LogP contribution is -2.35. The van der Waals surface area contributed by atoms with Gasteiger partial charge in [-0.05, 0) is 37.0 Å². The number of nitrogens with zero attached hydrogens (tertiary/aromatic N) is 1. The van der Waals surface area contributed by atoms with Crippen molar-refractivity contribution in [3.63, 3.8) is 0 Å². The van der Waals surface area contributed by atoms with Gasteiger partial charge in [0.1, 0.15) is 0 Å². The number of rotatable bonds is 5. The molecule has 5 nitrogen and oxygen atoms in total. The second-order valence-electron chi connectivity index (χ2n) is 5.28. The molecule has 1 fully saturated rings. The largest absolute Gasteiger partial charge is 0.359 e. The zero-order chi connectivity index (χ0) is 15.3. The van der Waals surface area contributed by atoms with Crippen LogP contribution in [0.2, 0.25) is 0 Å². The minimum atomic E-state index is -3.36. The zero-order valence-corrected chi connectivity index (χ0v) is 13.2. The lowest BCUT2D eigenvalue weighted by Gasteiger charge is -2.25. The first-order valence-corrected chi connectivity index (χ1v) is 8.78. The van der Waals surface area contributed by atoms with Crippen LogP contribution >= 0.6 is 0 Å². The zero-order valence-electron chi connectivity index (χ0n) is 12.3. The van der Waals surface area contributed by atoms with E-state index in [1.807, 2.05) is 0 Å². The second-order valence-corrected chi connectivity index (χ2v) is 7.22. The Morgan fingerprint density at radius 1 is 1.14 bits per heavy atom. The van der Waals surface area contributed by atoms with Gasteiger partial charge in [-0.2, -0.15) is 4.31 Å². The third-order valence-corrected chi connectivity index (χ3v) is 5.71. The Bertz CT molecular complexity index is 575. The minimum absolute atomic E-state index is 0.0139. The number of hydrogen-bond acceptors (Lipinski definition) is 3. The Labute approximate surface area is 126 Å². The molecular formula is C15H22N2O3S. The molecule has 1 amide bonds. The average Bonchev–Trinajstić information content (AvgIpc) is 2.53. The lowest BCUT2D eigenvalue weighted by molar-refractivity contribution is -0.120.